The van der Waals surface area contributed by atoms with Crippen LogP contribution >= 0.6 is 0 Å². The van der Waals surface area contributed by atoms with Crippen LogP contribution in [0, 0.1) is 0 Å². The average Bonchev–Trinajstić information content (AvgIpc) is 1.80. The van der Waals surface area contributed by atoms with E-state index in [1.54, 1.807) is 6.08 Å². The van der Waals surface area contributed by atoms with Crippen LogP contribution in [-0.2, 0) is 9.63 Å². The van der Waals surface area contributed by atoms with Crippen molar-refractivity contribution in [3.63, 3.8) is 0 Å². The van der Waals surface area contributed by atoms with Gasteiger partial charge in [0.2, 0.25) is 5.91 Å². The smallest absolute Gasteiger partial charge is 0.221 e. The lowest BCUT2D eigenvalue weighted by molar-refractivity contribution is -0.117. The summed E-state index contributed by atoms with van der Waals surface area (Å²) in [6.45, 7) is 0. The van der Waals surface area contributed by atoms with Crippen LogP contribution in [0.5, 0.6) is 0 Å². The van der Waals surface area contributed by atoms with E-state index in [0.717, 1.165) is 0 Å². The Hall–Kier alpha value is -1.03. The summed E-state index contributed by atoms with van der Waals surface area (Å²) in [5, 5.41) is 0. The Morgan fingerprint density at radius 2 is 2.56 bits per heavy atom. The molecule has 0 spiro atoms. The number of rotatable bonds is 4. The Bertz CT molecular complexity index is 112. The maximum atomic E-state index is 10.1. The quantitative estimate of drug-likeness (QED) is 0.505. The summed E-state index contributed by atoms with van der Waals surface area (Å²) in [5.74, 6) is -0.357. The molecule has 0 saturated heterocycles. The van der Waals surface area contributed by atoms with Crippen LogP contribution in [0.25, 0.3) is 0 Å². The zero-order chi connectivity index (χ0) is 7.11. The number of carbonyl (C=O) groups is 1. The van der Waals surface area contributed by atoms with Gasteiger partial charge >= 0.3 is 0 Å². The fourth-order valence-corrected chi connectivity index (χ4v) is 0.291. The number of hydrogen-bond acceptors (Lipinski definition) is 3. The minimum absolute atomic E-state index is 0.232. The monoisotopic (exact) mass is 130 g/mol. The molecule has 0 aliphatic heterocycles. The maximum absolute atomic E-state index is 10.1. The zero-order valence-corrected chi connectivity index (χ0v) is 5.26. The van der Waals surface area contributed by atoms with E-state index >= 15 is 0 Å². The molecule has 9 heavy (non-hydrogen) atoms. The van der Waals surface area contributed by atoms with Crippen LogP contribution < -0.4 is 11.2 Å². The number of nitrogens with two attached hydrogens (primary N) is 1. The fraction of sp³-hybridized carbons (Fsp3) is 0.400. The van der Waals surface area contributed by atoms with E-state index in [-0.39, 0.29) is 12.3 Å². The number of hydroxylamine groups is 1. The number of amides is 1. The standard InChI is InChI=1S/C5H10N2O2/c1-9-7-4-2-3-5(6)8/h2,4,7H,3H2,1H3,(H2,6,8). The molecule has 1 amide bonds. The molecule has 0 saturated carbocycles. The summed E-state index contributed by atoms with van der Waals surface area (Å²) in [7, 11) is 1.48. The highest BCUT2D eigenvalue weighted by molar-refractivity contribution is 5.75. The highest BCUT2D eigenvalue weighted by Gasteiger charge is 1.83. The molecule has 0 rings (SSSR count). The summed E-state index contributed by atoms with van der Waals surface area (Å²) in [6.07, 6.45) is 3.31. The van der Waals surface area contributed by atoms with Crippen molar-refractivity contribution in [3.8, 4) is 0 Å². The molecule has 0 bridgehead atoms. The molecule has 0 aliphatic rings. The Morgan fingerprint density at radius 3 is 3.00 bits per heavy atom. The predicted octanol–water partition coefficient (Wildman–Crippen LogP) is -0.474. The second-order valence-corrected chi connectivity index (χ2v) is 1.39. The van der Waals surface area contributed by atoms with Gasteiger partial charge in [-0.2, -0.15) is 0 Å². The third-order valence-electron chi connectivity index (χ3n) is 0.623. The number of carbonyl (C=O) groups excluding carboxylic acids is 1. The Kier molecular flexibility index (Phi) is 4.53. The highest BCUT2D eigenvalue weighted by atomic mass is 16.6. The van der Waals surface area contributed by atoms with Crippen LogP contribution in [0.1, 0.15) is 6.42 Å². The lowest BCUT2D eigenvalue weighted by Gasteiger charge is -1.90. The fourth-order valence-electron chi connectivity index (χ4n) is 0.291. The van der Waals surface area contributed by atoms with Crippen molar-refractivity contribution in [3.05, 3.63) is 12.3 Å². The first-order valence-electron chi connectivity index (χ1n) is 2.49. The molecule has 0 unspecified atom stereocenters. The largest absolute Gasteiger partial charge is 0.369 e. The molecular formula is C5H10N2O2. The Morgan fingerprint density at radius 1 is 1.89 bits per heavy atom. The van der Waals surface area contributed by atoms with E-state index in [1.165, 1.54) is 13.3 Å². The van der Waals surface area contributed by atoms with E-state index in [4.69, 9.17) is 5.73 Å². The van der Waals surface area contributed by atoms with Crippen molar-refractivity contribution >= 4 is 5.91 Å². The second kappa shape index (κ2) is 5.11. The second-order valence-electron chi connectivity index (χ2n) is 1.39. The molecule has 0 aromatic carbocycles. The van der Waals surface area contributed by atoms with Crippen LogP contribution in [0.4, 0.5) is 0 Å². The van der Waals surface area contributed by atoms with E-state index in [1.807, 2.05) is 0 Å². The average molecular weight is 130 g/mol. The van der Waals surface area contributed by atoms with Gasteiger partial charge in [0.05, 0.1) is 7.11 Å². The van der Waals surface area contributed by atoms with Crippen molar-refractivity contribution < 1.29 is 9.63 Å². The maximum Gasteiger partial charge on any atom is 0.221 e. The molecule has 0 aliphatic carbocycles. The van der Waals surface area contributed by atoms with Crippen LogP contribution in [0.2, 0.25) is 0 Å². The number of nitrogens with one attached hydrogen (secondary N) is 1. The lowest BCUT2D eigenvalue weighted by atomic mass is 10.4. The van der Waals surface area contributed by atoms with E-state index in [2.05, 4.69) is 10.3 Å². The molecule has 4 heteroatoms. The highest BCUT2D eigenvalue weighted by Crippen LogP contribution is 1.76. The summed E-state index contributed by atoms with van der Waals surface area (Å²) >= 11 is 0. The van der Waals surface area contributed by atoms with E-state index < -0.39 is 0 Å². The minimum atomic E-state index is -0.357. The van der Waals surface area contributed by atoms with Gasteiger partial charge in [-0.25, -0.2) is 0 Å². The Balaban J connectivity index is 3.14. The summed E-state index contributed by atoms with van der Waals surface area (Å²) < 4.78 is 0. The summed E-state index contributed by atoms with van der Waals surface area (Å²) in [5.41, 5.74) is 7.23. The summed E-state index contributed by atoms with van der Waals surface area (Å²) in [6, 6.07) is 0. The molecule has 52 valence electrons. The topological polar surface area (TPSA) is 64.3 Å². The molecule has 0 radical (unpaired) electrons. The van der Waals surface area contributed by atoms with Gasteiger partial charge in [-0.1, -0.05) is 6.08 Å². The third kappa shape index (κ3) is 6.97. The van der Waals surface area contributed by atoms with Gasteiger partial charge < -0.3 is 5.73 Å². The van der Waals surface area contributed by atoms with Crippen molar-refractivity contribution in [2.45, 2.75) is 6.42 Å². The Labute approximate surface area is 53.6 Å². The van der Waals surface area contributed by atoms with Gasteiger partial charge in [0.1, 0.15) is 0 Å². The van der Waals surface area contributed by atoms with Gasteiger partial charge in [-0.3, -0.25) is 15.1 Å². The molecule has 0 atom stereocenters. The number of primary amides is 1. The van der Waals surface area contributed by atoms with Gasteiger partial charge in [0.15, 0.2) is 0 Å². The van der Waals surface area contributed by atoms with Crippen molar-refractivity contribution in [1.82, 2.24) is 5.48 Å². The van der Waals surface area contributed by atoms with E-state index in [9.17, 15) is 4.79 Å². The van der Waals surface area contributed by atoms with Gasteiger partial charge in [0, 0.05) is 12.6 Å². The normalized spacial score (nSPS) is 9.89. The van der Waals surface area contributed by atoms with Crippen molar-refractivity contribution in [2.75, 3.05) is 7.11 Å². The SMILES string of the molecule is CONC=CCC(N)=O. The van der Waals surface area contributed by atoms with Crippen molar-refractivity contribution in [2.24, 2.45) is 5.73 Å². The zero-order valence-electron chi connectivity index (χ0n) is 5.26. The minimum Gasteiger partial charge on any atom is -0.369 e. The molecule has 3 N–H and O–H groups in total. The first-order valence-corrected chi connectivity index (χ1v) is 2.49. The first-order chi connectivity index (χ1) is 4.27. The van der Waals surface area contributed by atoms with Crippen LogP contribution in [0.15, 0.2) is 12.3 Å². The summed E-state index contributed by atoms with van der Waals surface area (Å²) in [4.78, 5) is 14.5. The molecule has 0 aromatic heterocycles. The predicted molar refractivity (Wildman–Crippen MR) is 33.1 cm³/mol. The van der Waals surface area contributed by atoms with Gasteiger partial charge in [-0.05, 0) is 0 Å². The third-order valence-corrected chi connectivity index (χ3v) is 0.623. The van der Waals surface area contributed by atoms with Crippen molar-refractivity contribution in [1.29, 1.82) is 0 Å². The molecule has 4 nitrogen and oxygen atoms in total. The van der Waals surface area contributed by atoms with Gasteiger partial charge in [0.25, 0.3) is 0 Å². The van der Waals surface area contributed by atoms with Crippen LogP contribution in [-0.4, -0.2) is 13.0 Å². The van der Waals surface area contributed by atoms with Gasteiger partial charge in [-0.15, -0.1) is 0 Å². The molecule has 0 heterocycles. The first kappa shape index (κ1) is 7.97. The van der Waals surface area contributed by atoms with E-state index in [0.29, 0.717) is 0 Å². The molecular weight excluding hydrogens is 120 g/mol. The number of hydrogen-bond donors (Lipinski definition) is 2. The van der Waals surface area contributed by atoms with Crippen LogP contribution in [0.3, 0.4) is 0 Å². The molecule has 0 fully saturated rings. The lowest BCUT2D eigenvalue weighted by Crippen LogP contribution is -2.09. The molecule has 0 aromatic rings.